The Morgan fingerprint density at radius 1 is 1.36 bits per heavy atom. The summed E-state index contributed by atoms with van der Waals surface area (Å²) in [7, 11) is 0. The summed E-state index contributed by atoms with van der Waals surface area (Å²) in [5.41, 5.74) is 1.84. The van der Waals surface area contributed by atoms with Gasteiger partial charge in [0.2, 0.25) is 0 Å². The van der Waals surface area contributed by atoms with Crippen LogP contribution in [0.4, 0.5) is 0 Å². The average Bonchev–Trinajstić information content (AvgIpc) is 2.56. The smallest absolute Gasteiger partial charge is 0.302 e. The van der Waals surface area contributed by atoms with Crippen LogP contribution in [-0.4, -0.2) is 24.3 Å². The average molecular weight is 351 g/mol. The SMILES string of the molecule is CC(=O)OCC1=CCC[C@@H]2[C@@](C)(CC[C@H](C)CCO)[C@H](C)CC[C@]12C. The Balaban J connectivity index is 2.18. The van der Waals surface area contributed by atoms with Crippen molar-refractivity contribution in [3.8, 4) is 0 Å². The minimum Gasteiger partial charge on any atom is -0.461 e. The van der Waals surface area contributed by atoms with E-state index in [0.29, 0.717) is 30.5 Å². The van der Waals surface area contributed by atoms with Gasteiger partial charge in [0.05, 0.1) is 0 Å². The van der Waals surface area contributed by atoms with E-state index in [1.165, 1.54) is 44.6 Å². The van der Waals surface area contributed by atoms with Crippen molar-refractivity contribution in [1.82, 2.24) is 0 Å². The standard InChI is InChI=1S/C22H38O3/c1-16(11-14-23)9-12-21(4)17(2)10-13-22(5)19(15-25-18(3)24)7-6-8-20(21)22/h7,16-17,20,23H,6,8-15H2,1-5H3/t16-,17+,20+,21-,22+/m0/s1. The summed E-state index contributed by atoms with van der Waals surface area (Å²) < 4.78 is 5.39. The first kappa shape index (κ1) is 20.5. The largest absolute Gasteiger partial charge is 0.461 e. The summed E-state index contributed by atoms with van der Waals surface area (Å²) in [6.45, 7) is 11.9. The van der Waals surface area contributed by atoms with E-state index in [2.05, 4.69) is 33.8 Å². The van der Waals surface area contributed by atoms with E-state index in [1.54, 1.807) is 0 Å². The number of rotatable bonds is 7. The van der Waals surface area contributed by atoms with Gasteiger partial charge in [-0.05, 0) is 72.7 Å². The van der Waals surface area contributed by atoms with Crippen LogP contribution in [0.2, 0.25) is 0 Å². The maximum absolute atomic E-state index is 11.3. The molecule has 0 amide bonds. The predicted molar refractivity (Wildman–Crippen MR) is 102 cm³/mol. The van der Waals surface area contributed by atoms with Crippen molar-refractivity contribution in [2.75, 3.05) is 13.2 Å². The molecule has 5 atom stereocenters. The van der Waals surface area contributed by atoms with Crippen molar-refractivity contribution in [2.24, 2.45) is 28.6 Å². The molecule has 1 N–H and O–H groups in total. The molecule has 0 heterocycles. The fraction of sp³-hybridized carbons (Fsp3) is 0.864. The van der Waals surface area contributed by atoms with Gasteiger partial charge in [-0.2, -0.15) is 0 Å². The molecule has 0 bridgehead atoms. The summed E-state index contributed by atoms with van der Waals surface area (Å²) >= 11 is 0. The summed E-state index contributed by atoms with van der Waals surface area (Å²) in [5, 5.41) is 9.21. The van der Waals surface area contributed by atoms with Crippen molar-refractivity contribution in [3.63, 3.8) is 0 Å². The van der Waals surface area contributed by atoms with E-state index >= 15 is 0 Å². The molecule has 0 aliphatic heterocycles. The highest BCUT2D eigenvalue weighted by atomic mass is 16.5. The number of esters is 1. The molecule has 2 aliphatic rings. The van der Waals surface area contributed by atoms with Crippen LogP contribution in [-0.2, 0) is 9.53 Å². The van der Waals surface area contributed by atoms with E-state index in [-0.39, 0.29) is 11.4 Å². The van der Waals surface area contributed by atoms with Crippen LogP contribution in [0.15, 0.2) is 11.6 Å². The number of aliphatic hydroxyl groups excluding tert-OH is 1. The number of aliphatic hydroxyl groups is 1. The molecule has 0 spiro atoms. The molecule has 0 unspecified atom stereocenters. The summed E-state index contributed by atoms with van der Waals surface area (Å²) in [4.78, 5) is 11.3. The first-order valence-corrected chi connectivity index (χ1v) is 10.2. The van der Waals surface area contributed by atoms with Gasteiger partial charge >= 0.3 is 5.97 Å². The Kier molecular flexibility index (Phi) is 6.75. The Labute approximate surface area is 154 Å². The maximum Gasteiger partial charge on any atom is 0.302 e. The molecule has 144 valence electrons. The van der Waals surface area contributed by atoms with Crippen molar-refractivity contribution in [2.45, 2.75) is 79.6 Å². The van der Waals surface area contributed by atoms with Gasteiger partial charge in [0.1, 0.15) is 6.61 Å². The van der Waals surface area contributed by atoms with Gasteiger partial charge in [-0.1, -0.05) is 40.2 Å². The van der Waals surface area contributed by atoms with Gasteiger partial charge < -0.3 is 9.84 Å². The minimum atomic E-state index is -0.184. The van der Waals surface area contributed by atoms with Crippen molar-refractivity contribution in [1.29, 1.82) is 0 Å². The van der Waals surface area contributed by atoms with Crippen molar-refractivity contribution in [3.05, 3.63) is 11.6 Å². The highest BCUT2D eigenvalue weighted by Gasteiger charge is 2.53. The second kappa shape index (κ2) is 8.24. The summed E-state index contributed by atoms with van der Waals surface area (Å²) in [6, 6.07) is 0. The molecule has 25 heavy (non-hydrogen) atoms. The molecule has 2 aliphatic carbocycles. The fourth-order valence-corrected chi connectivity index (χ4v) is 5.53. The Bertz CT molecular complexity index is 498. The van der Waals surface area contributed by atoms with Gasteiger partial charge in [-0.25, -0.2) is 0 Å². The number of hydrogen-bond donors (Lipinski definition) is 1. The predicted octanol–water partition coefficient (Wildman–Crippen LogP) is 5.13. The number of allylic oxidation sites excluding steroid dienone is 1. The van der Waals surface area contributed by atoms with E-state index in [1.807, 2.05) is 0 Å². The number of carbonyl (C=O) groups excluding carboxylic acids is 1. The van der Waals surface area contributed by atoms with Crippen molar-refractivity contribution < 1.29 is 14.6 Å². The summed E-state index contributed by atoms with van der Waals surface area (Å²) in [6.07, 6.45) is 10.5. The van der Waals surface area contributed by atoms with Crippen molar-refractivity contribution >= 4 is 5.97 Å². The van der Waals surface area contributed by atoms with Crippen LogP contribution in [0.25, 0.3) is 0 Å². The zero-order chi connectivity index (χ0) is 18.7. The molecule has 0 radical (unpaired) electrons. The minimum absolute atomic E-state index is 0.162. The van der Waals surface area contributed by atoms with Crippen LogP contribution in [0.3, 0.4) is 0 Å². The van der Waals surface area contributed by atoms with Gasteiger partial charge in [0.25, 0.3) is 0 Å². The molecule has 0 saturated heterocycles. The normalized spacial score (nSPS) is 36.3. The Morgan fingerprint density at radius 2 is 2.08 bits per heavy atom. The lowest BCUT2D eigenvalue weighted by atomic mass is 9.46. The third-order valence-electron chi connectivity index (χ3n) is 7.60. The topological polar surface area (TPSA) is 46.5 Å². The second-order valence-corrected chi connectivity index (χ2v) is 9.16. The quantitative estimate of drug-likeness (QED) is 0.511. The molecule has 3 heteroatoms. The van der Waals surface area contributed by atoms with Crippen LogP contribution >= 0.6 is 0 Å². The first-order valence-electron chi connectivity index (χ1n) is 10.2. The second-order valence-electron chi connectivity index (χ2n) is 9.16. The highest BCUT2D eigenvalue weighted by molar-refractivity contribution is 5.66. The molecular weight excluding hydrogens is 312 g/mol. The molecule has 3 nitrogen and oxygen atoms in total. The Morgan fingerprint density at radius 3 is 2.72 bits per heavy atom. The van der Waals surface area contributed by atoms with Crippen LogP contribution in [0.1, 0.15) is 79.6 Å². The van der Waals surface area contributed by atoms with Gasteiger partial charge in [-0.15, -0.1) is 0 Å². The lowest BCUT2D eigenvalue weighted by Crippen LogP contribution is -2.50. The monoisotopic (exact) mass is 350 g/mol. The van der Waals surface area contributed by atoms with Crippen LogP contribution in [0, 0.1) is 28.6 Å². The Hall–Kier alpha value is -0.830. The van der Waals surface area contributed by atoms with Crippen LogP contribution < -0.4 is 0 Å². The third kappa shape index (κ3) is 4.30. The first-order chi connectivity index (χ1) is 11.7. The zero-order valence-corrected chi connectivity index (χ0v) is 16.9. The van der Waals surface area contributed by atoms with E-state index in [0.717, 1.165) is 18.8 Å². The fourth-order valence-electron chi connectivity index (χ4n) is 5.53. The lowest BCUT2D eigenvalue weighted by Gasteiger charge is -2.58. The van der Waals surface area contributed by atoms with E-state index < -0.39 is 0 Å². The molecule has 0 aromatic heterocycles. The number of ether oxygens (including phenoxy) is 1. The van der Waals surface area contributed by atoms with E-state index in [4.69, 9.17) is 4.74 Å². The number of fused-ring (bicyclic) bond motifs is 1. The third-order valence-corrected chi connectivity index (χ3v) is 7.60. The maximum atomic E-state index is 11.3. The number of carbonyl (C=O) groups is 1. The highest BCUT2D eigenvalue weighted by Crippen LogP contribution is 2.62. The number of hydrogen-bond acceptors (Lipinski definition) is 3. The molecule has 1 fully saturated rings. The molecule has 2 rings (SSSR count). The molecular formula is C22H38O3. The zero-order valence-electron chi connectivity index (χ0n) is 16.9. The molecule has 1 saturated carbocycles. The van der Waals surface area contributed by atoms with Crippen LogP contribution in [0.5, 0.6) is 0 Å². The van der Waals surface area contributed by atoms with Gasteiger partial charge in [0.15, 0.2) is 0 Å². The van der Waals surface area contributed by atoms with Gasteiger partial charge in [-0.3, -0.25) is 4.79 Å². The summed E-state index contributed by atoms with van der Waals surface area (Å²) in [5.74, 6) is 1.78. The molecule has 0 aromatic rings. The van der Waals surface area contributed by atoms with Gasteiger partial charge in [0, 0.05) is 13.5 Å². The van der Waals surface area contributed by atoms with E-state index in [9.17, 15) is 9.90 Å². The lowest BCUT2D eigenvalue weighted by molar-refractivity contribution is -0.141. The molecule has 0 aromatic carbocycles.